The van der Waals surface area contributed by atoms with Gasteiger partial charge in [0.05, 0.1) is 0 Å². The zero-order valence-electron chi connectivity index (χ0n) is 6.35. The lowest BCUT2D eigenvalue weighted by Gasteiger charge is -2.15. The van der Waals surface area contributed by atoms with E-state index in [9.17, 15) is 20.2 Å². The van der Waals surface area contributed by atoms with Gasteiger partial charge in [-0.2, -0.15) is 0 Å². The standard InChI is InChI=1S/C4H6N4O5/c9-7(10)4(8(11)12)3-5-1-13-2-6-3/h5-6H,1-2H2. The maximum Gasteiger partial charge on any atom is 0.599 e. The molecule has 0 atom stereocenters. The lowest BCUT2D eigenvalue weighted by Crippen LogP contribution is -2.40. The van der Waals surface area contributed by atoms with Crippen LogP contribution in [0.3, 0.4) is 0 Å². The van der Waals surface area contributed by atoms with E-state index in [1.807, 2.05) is 0 Å². The highest BCUT2D eigenvalue weighted by Crippen LogP contribution is 2.02. The second kappa shape index (κ2) is 3.67. The van der Waals surface area contributed by atoms with E-state index >= 15 is 0 Å². The van der Waals surface area contributed by atoms with Crippen molar-refractivity contribution in [2.24, 2.45) is 0 Å². The first-order valence-corrected chi connectivity index (χ1v) is 3.21. The van der Waals surface area contributed by atoms with Gasteiger partial charge in [-0.25, -0.2) is 0 Å². The Morgan fingerprint density at radius 2 is 1.69 bits per heavy atom. The molecule has 0 radical (unpaired) electrons. The van der Waals surface area contributed by atoms with Gasteiger partial charge in [0, 0.05) is 0 Å². The summed E-state index contributed by atoms with van der Waals surface area (Å²) in [4.78, 5) is 18.3. The lowest BCUT2D eigenvalue weighted by molar-refractivity contribution is -0.618. The van der Waals surface area contributed by atoms with Crippen LogP contribution in [-0.2, 0) is 4.74 Å². The molecule has 1 fully saturated rings. The molecule has 1 heterocycles. The first kappa shape index (κ1) is 9.19. The molecule has 0 aromatic rings. The summed E-state index contributed by atoms with van der Waals surface area (Å²) in [7, 11) is 0. The van der Waals surface area contributed by atoms with Crippen LogP contribution >= 0.6 is 0 Å². The Hall–Kier alpha value is -1.90. The maximum absolute atomic E-state index is 10.2. The van der Waals surface area contributed by atoms with Crippen molar-refractivity contribution in [1.29, 1.82) is 0 Å². The normalized spacial score (nSPS) is 15.5. The van der Waals surface area contributed by atoms with Gasteiger partial charge in [0.25, 0.3) is 5.82 Å². The molecule has 0 bridgehead atoms. The highest BCUT2D eigenvalue weighted by atomic mass is 16.7. The van der Waals surface area contributed by atoms with Crippen molar-refractivity contribution >= 4 is 0 Å². The Balaban J connectivity index is 2.93. The zero-order valence-corrected chi connectivity index (χ0v) is 6.35. The molecule has 0 aromatic heterocycles. The Bertz CT molecular complexity index is 250. The quantitative estimate of drug-likeness (QED) is 0.414. The molecule has 0 unspecified atom stereocenters. The average molecular weight is 190 g/mol. The van der Waals surface area contributed by atoms with Crippen LogP contribution in [0.15, 0.2) is 11.6 Å². The lowest BCUT2D eigenvalue weighted by atomic mass is 10.6. The van der Waals surface area contributed by atoms with Gasteiger partial charge in [0.15, 0.2) is 0 Å². The summed E-state index contributed by atoms with van der Waals surface area (Å²) in [5, 5.41) is 25.1. The highest BCUT2D eigenvalue weighted by Gasteiger charge is 2.33. The maximum atomic E-state index is 10.2. The number of nitrogens with zero attached hydrogens (tertiary/aromatic N) is 2. The Labute approximate surface area is 71.7 Å². The third-order valence-corrected chi connectivity index (χ3v) is 1.27. The van der Waals surface area contributed by atoms with E-state index in [0.29, 0.717) is 0 Å². The van der Waals surface area contributed by atoms with Crippen LogP contribution in [0.2, 0.25) is 0 Å². The van der Waals surface area contributed by atoms with Crippen molar-refractivity contribution in [2.45, 2.75) is 0 Å². The Morgan fingerprint density at radius 1 is 1.23 bits per heavy atom. The van der Waals surface area contributed by atoms with Crippen molar-refractivity contribution < 1.29 is 14.6 Å². The van der Waals surface area contributed by atoms with E-state index in [-0.39, 0.29) is 19.3 Å². The molecule has 1 aliphatic rings. The van der Waals surface area contributed by atoms with Crippen LogP contribution in [-0.4, -0.2) is 23.3 Å². The summed E-state index contributed by atoms with van der Waals surface area (Å²) in [5.41, 5.74) is 0. The molecule has 0 amide bonds. The fourth-order valence-corrected chi connectivity index (χ4v) is 0.767. The highest BCUT2D eigenvalue weighted by molar-refractivity contribution is 4.97. The van der Waals surface area contributed by atoms with Gasteiger partial charge in [-0.15, -0.1) is 0 Å². The monoisotopic (exact) mass is 190 g/mol. The molecular formula is C4H6N4O5. The molecule has 0 spiro atoms. The number of nitrogens with one attached hydrogen (secondary N) is 2. The molecule has 72 valence electrons. The van der Waals surface area contributed by atoms with E-state index in [1.54, 1.807) is 0 Å². The summed E-state index contributed by atoms with van der Waals surface area (Å²) < 4.78 is 4.71. The Morgan fingerprint density at radius 3 is 2.08 bits per heavy atom. The molecule has 1 aliphatic heterocycles. The van der Waals surface area contributed by atoms with Crippen LogP contribution in [0.1, 0.15) is 0 Å². The first-order valence-electron chi connectivity index (χ1n) is 3.21. The van der Waals surface area contributed by atoms with E-state index < -0.39 is 15.7 Å². The second-order valence-electron chi connectivity index (χ2n) is 2.06. The molecule has 9 heteroatoms. The van der Waals surface area contributed by atoms with Crippen molar-refractivity contribution in [2.75, 3.05) is 13.5 Å². The van der Waals surface area contributed by atoms with Gasteiger partial charge in [0.1, 0.15) is 23.3 Å². The topological polar surface area (TPSA) is 120 Å². The molecule has 2 N–H and O–H groups in total. The van der Waals surface area contributed by atoms with E-state index in [2.05, 4.69) is 10.6 Å². The van der Waals surface area contributed by atoms with E-state index in [1.165, 1.54) is 0 Å². The van der Waals surface area contributed by atoms with Gasteiger partial charge in [-0.3, -0.25) is 20.2 Å². The molecule has 1 rings (SSSR count). The number of hydrogen-bond acceptors (Lipinski definition) is 7. The number of rotatable bonds is 2. The summed E-state index contributed by atoms with van der Waals surface area (Å²) in [6.45, 7) is 0.0149. The summed E-state index contributed by atoms with van der Waals surface area (Å²) >= 11 is 0. The van der Waals surface area contributed by atoms with E-state index in [4.69, 9.17) is 4.74 Å². The van der Waals surface area contributed by atoms with Gasteiger partial charge in [-0.05, 0) is 0 Å². The zero-order chi connectivity index (χ0) is 9.84. The largest absolute Gasteiger partial charge is 0.599 e. The number of hydrogen-bond donors (Lipinski definition) is 2. The summed E-state index contributed by atoms with van der Waals surface area (Å²) in [6, 6.07) is 0. The molecule has 0 saturated carbocycles. The molecule has 9 nitrogen and oxygen atoms in total. The minimum atomic E-state index is -1.11. The second-order valence-corrected chi connectivity index (χ2v) is 2.06. The minimum absolute atomic E-state index is 0.00745. The van der Waals surface area contributed by atoms with Crippen LogP contribution < -0.4 is 10.6 Å². The van der Waals surface area contributed by atoms with Gasteiger partial charge < -0.3 is 15.4 Å². The number of ether oxygens (including phenoxy) is 1. The summed E-state index contributed by atoms with van der Waals surface area (Å²) in [6.07, 6.45) is 0. The SMILES string of the molecule is O=[N+]([O-])C(=C1NCOCN1)[N+](=O)[O-]. The fourth-order valence-electron chi connectivity index (χ4n) is 0.767. The summed E-state index contributed by atoms with van der Waals surface area (Å²) in [5.74, 6) is -1.34. The minimum Gasteiger partial charge on any atom is -0.341 e. The number of nitro groups is 2. The molecule has 1 saturated heterocycles. The van der Waals surface area contributed by atoms with Crippen LogP contribution in [0.4, 0.5) is 0 Å². The van der Waals surface area contributed by atoms with Crippen LogP contribution in [0, 0.1) is 20.2 Å². The van der Waals surface area contributed by atoms with Gasteiger partial charge >= 0.3 is 5.82 Å². The van der Waals surface area contributed by atoms with Crippen LogP contribution in [0.5, 0.6) is 0 Å². The van der Waals surface area contributed by atoms with Crippen molar-refractivity contribution in [3.63, 3.8) is 0 Å². The molecular weight excluding hydrogens is 184 g/mol. The van der Waals surface area contributed by atoms with Crippen LogP contribution in [0.25, 0.3) is 0 Å². The van der Waals surface area contributed by atoms with Gasteiger partial charge in [-0.1, -0.05) is 0 Å². The third-order valence-electron chi connectivity index (χ3n) is 1.27. The Kier molecular flexibility index (Phi) is 2.59. The predicted molar refractivity (Wildman–Crippen MR) is 38.1 cm³/mol. The van der Waals surface area contributed by atoms with Crippen molar-refractivity contribution in [1.82, 2.24) is 10.6 Å². The molecule has 0 aromatic carbocycles. The predicted octanol–water partition coefficient (Wildman–Crippen LogP) is -1.21. The van der Waals surface area contributed by atoms with Crippen molar-refractivity contribution in [3.05, 3.63) is 31.9 Å². The molecule has 0 aliphatic carbocycles. The fraction of sp³-hybridized carbons (Fsp3) is 0.500. The van der Waals surface area contributed by atoms with Gasteiger partial charge in [0.2, 0.25) is 0 Å². The smallest absolute Gasteiger partial charge is 0.341 e. The third kappa shape index (κ3) is 2.02. The average Bonchev–Trinajstić information content (AvgIpc) is 2.04. The first-order chi connectivity index (χ1) is 6.13. The van der Waals surface area contributed by atoms with Crippen molar-refractivity contribution in [3.8, 4) is 0 Å². The van der Waals surface area contributed by atoms with E-state index in [0.717, 1.165) is 0 Å². The molecule has 13 heavy (non-hydrogen) atoms.